The van der Waals surface area contributed by atoms with E-state index in [0.717, 1.165) is 24.7 Å². The average molecular weight is 421 g/mol. The van der Waals surface area contributed by atoms with Crippen molar-refractivity contribution in [1.82, 2.24) is 0 Å². The summed E-state index contributed by atoms with van der Waals surface area (Å²) >= 11 is 10.5. The highest BCUT2D eigenvalue weighted by Crippen LogP contribution is 2.30. The molecule has 0 spiro atoms. The first-order chi connectivity index (χ1) is 8.16. The highest BCUT2D eigenvalue weighted by atomic mass is 79.9. The van der Waals surface area contributed by atoms with Gasteiger partial charge in [0.05, 0.1) is 0 Å². The Labute approximate surface area is 126 Å². The number of hydrogen-bond acceptors (Lipinski definition) is 1. The molecule has 0 unspecified atom stereocenters. The van der Waals surface area contributed by atoms with Crippen LogP contribution in [0.25, 0.3) is 0 Å². The van der Waals surface area contributed by atoms with Gasteiger partial charge in [-0.3, -0.25) is 0 Å². The molecule has 2 rings (SSSR count). The Morgan fingerprint density at radius 1 is 0.882 bits per heavy atom. The molecular weight excluding hydrogens is 412 g/mol. The predicted molar refractivity (Wildman–Crippen MR) is 80.3 cm³/mol. The summed E-state index contributed by atoms with van der Waals surface area (Å²) in [6.07, 6.45) is 0. The summed E-state index contributed by atoms with van der Waals surface area (Å²) in [6.45, 7) is 0.526. The van der Waals surface area contributed by atoms with Gasteiger partial charge in [0, 0.05) is 19.0 Å². The van der Waals surface area contributed by atoms with Crippen LogP contribution < -0.4 is 4.74 Å². The van der Waals surface area contributed by atoms with Crippen LogP contribution in [-0.2, 0) is 6.61 Å². The molecule has 0 amide bonds. The fourth-order valence-electron chi connectivity index (χ4n) is 1.38. The maximum absolute atomic E-state index is 5.72. The number of rotatable bonds is 3. The molecule has 0 aromatic heterocycles. The van der Waals surface area contributed by atoms with Crippen molar-refractivity contribution in [2.75, 3.05) is 0 Å². The second-order valence-corrected chi connectivity index (χ2v) is 6.07. The zero-order valence-electron chi connectivity index (χ0n) is 8.79. The van der Waals surface area contributed by atoms with Gasteiger partial charge >= 0.3 is 0 Å². The predicted octanol–water partition coefficient (Wildman–Crippen LogP) is 5.55. The summed E-state index contributed by atoms with van der Waals surface area (Å²) in [4.78, 5) is 0. The van der Waals surface area contributed by atoms with Crippen LogP contribution in [0.3, 0.4) is 0 Å². The van der Waals surface area contributed by atoms with Crippen molar-refractivity contribution in [3.05, 3.63) is 61.4 Å². The first-order valence-electron chi connectivity index (χ1n) is 4.98. The third-order valence-corrected chi connectivity index (χ3v) is 4.11. The SMILES string of the molecule is Brc1cc(Br)c(COc2ccccc2)c(Br)c1. The zero-order chi connectivity index (χ0) is 12.3. The van der Waals surface area contributed by atoms with Crippen LogP contribution in [0.5, 0.6) is 5.75 Å². The molecular formula is C13H9Br3O. The minimum atomic E-state index is 0.526. The molecule has 0 saturated heterocycles. The molecule has 0 atom stereocenters. The fourth-order valence-corrected chi connectivity index (χ4v) is 3.87. The molecule has 1 nitrogen and oxygen atoms in total. The van der Waals surface area contributed by atoms with Crippen LogP contribution in [0.4, 0.5) is 0 Å². The van der Waals surface area contributed by atoms with E-state index in [1.54, 1.807) is 0 Å². The van der Waals surface area contributed by atoms with Crippen LogP contribution in [0, 0.1) is 0 Å². The summed E-state index contributed by atoms with van der Waals surface area (Å²) in [5.41, 5.74) is 1.09. The van der Waals surface area contributed by atoms with Gasteiger partial charge in [0.25, 0.3) is 0 Å². The smallest absolute Gasteiger partial charge is 0.119 e. The standard InChI is InChI=1S/C13H9Br3O/c14-9-6-12(15)11(13(16)7-9)8-17-10-4-2-1-3-5-10/h1-7H,8H2. The van der Waals surface area contributed by atoms with Crippen molar-refractivity contribution in [3.8, 4) is 5.75 Å². The van der Waals surface area contributed by atoms with E-state index in [2.05, 4.69) is 47.8 Å². The molecule has 0 aliphatic heterocycles. The molecule has 2 aromatic carbocycles. The molecule has 4 heteroatoms. The highest BCUT2D eigenvalue weighted by Gasteiger charge is 2.07. The lowest BCUT2D eigenvalue weighted by molar-refractivity contribution is 0.304. The van der Waals surface area contributed by atoms with E-state index < -0.39 is 0 Å². The van der Waals surface area contributed by atoms with Gasteiger partial charge in [0.1, 0.15) is 12.4 Å². The topological polar surface area (TPSA) is 9.23 Å². The summed E-state index contributed by atoms with van der Waals surface area (Å²) < 4.78 is 8.79. The lowest BCUT2D eigenvalue weighted by Crippen LogP contribution is -1.97. The third-order valence-electron chi connectivity index (χ3n) is 2.23. The molecule has 0 N–H and O–H groups in total. The van der Waals surface area contributed by atoms with Gasteiger partial charge in [0.15, 0.2) is 0 Å². The maximum Gasteiger partial charge on any atom is 0.119 e. The summed E-state index contributed by atoms with van der Waals surface area (Å²) in [6, 6.07) is 13.8. The minimum Gasteiger partial charge on any atom is -0.489 e. The molecule has 0 fully saturated rings. The second kappa shape index (κ2) is 6.03. The Morgan fingerprint density at radius 2 is 1.47 bits per heavy atom. The first kappa shape index (κ1) is 13.1. The number of halogens is 3. The minimum absolute atomic E-state index is 0.526. The largest absolute Gasteiger partial charge is 0.489 e. The average Bonchev–Trinajstić information content (AvgIpc) is 2.29. The van der Waals surface area contributed by atoms with Crippen LogP contribution in [-0.4, -0.2) is 0 Å². The Balaban J connectivity index is 2.15. The van der Waals surface area contributed by atoms with Crippen molar-refractivity contribution >= 4 is 47.8 Å². The van der Waals surface area contributed by atoms with Crippen molar-refractivity contribution < 1.29 is 4.74 Å². The van der Waals surface area contributed by atoms with Gasteiger partial charge in [-0.2, -0.15) is 0 Å². The molecule has 0 aliphatic rings. The Hall–Kier alpha value is -0.320. The van der Waals surface area contributed by atoms with Crippen LogP contribution in [0.2, 0.25) is 0 Å². The number of para-hydroxylation sites is 1. The monoisotopic (exact) mass is 418 g/mol. The van der Waals surface area contributed by atoms with Crippen molar-refractivity contribution in [2.45, 2.75) is 6.61 Å². The second-order valence-electron chi connectivity index (χ2n) is 3.45. The number of ether oxygens (including phenoxy) is 1. The van der Waals surface area contributed by atoms with Crippen molar-refractivity contribution in [1.29, 1.82) is 0 Å². The van der Waals surface area contributed by atoms with Gasteiger partial charge < -0.3 is 4.74 Å². The van der Waals surface area contributed by atoms with Crippen molar-refractivity contribution in [3.63, 3.8) is 0 Å². The van der Waals surface area contributed by atoms with Gasteiger partial charge in [-0.25, -0.2) is 0 Å². The van der Waals surface area contributed by atoms with E-state index in [4.69, 9.17) is 4.74 Å². The molecule has 0 bridgehead atoms. The third kappa shape index (κ3) is 3.57. The normalized spacial score (nSPS) is 10.3. The Kier molecular flexibility index (Phi) is 4.65. The number of hydrogen-bond donors (Lipinski definition) is 0. The fraction of sp³-hybridized carbons (Fsp3) is 0.0769. The Morgan fingerprint density at radius 3 is 2.06 bits per heavy atom. The Bertz CT molecular complexity index is 488. The summed E-state index contributed by atoms with van der Waals surface area (Å²) in [7, 11) is 0. The summed E-state index contributed by atoms with van der Waals surface area (Å²) in [5.74, 6) is 0.870. The van der Waals surface area contributed by atoms with Gasteiger partial charge in [-0.1, -0.05) is 66.0 Å². The lowest BCUT2D eigenvalue weighted by Gasteiger charge is -2.10. The van der Waals surface area contributed by atoms with E-state index >= 15 is 0 Å². The molecule has 0 saturated carbocycles. The molecule has 0 aliphatic carbocycles. The summed E-state index contributed by atoms with van der Waals surface area (Å²) in [5, 5.41) is 0. The van der Waals surface area contributed by atoms with E-state index in [-0.39, 0.29) is 0 Å². The molecule has 17 heavy (non-hydrogen) atoms. The maximum atomic E-state index is 5.72. The van der Waals surface area contributed by atoms with Gasteiger partial charge in [0.2, 0.25) is 0 Å². The van der Waals surface area contributed by atoms with Crippen LogP contribution in [0.1, 0.15) is 5.56 Å². The highest BCUT2D eigenvalue weighted by molar-refractivity contribution is 9.11. The molecule has 0 heterocycles. The van der Waals surface area contributed by atoms with E-state index in [1.807, 2.05) is 42.5 Å². The van der Waals surface area contributed by atoms with E-state index in [1.165, 1.54) is 0 Å². The quantitative estimate of drug-likeness (QED) is 0.632. The van der Waals surface area contributed by atoms with E-state index in [9.17, 15) is 0 Å². The van der Waals surface area contributed by atoms with Gasteiger partial charge in [-0.05, 0) is 24.3 Å². The first-order valence-corrected chi connectivity index (χ1v) is 7.36. The van der Waals surface area contributed by atoms with Gasteiger partial charge in [-0.15, -0.1) is 0 Å². The van der Waals surface area contributed by atoms with Crippen LogP contribution in [0.15, 0.2) is 55.9 Å². The zero-order valence-corrected chi connectivity index (χ0v) is 13.5. The number of benzene rings is 2. The molecule has 2 aromatic rings. The van der Waals surface area contributed by atoms with E-state index in [0.29, 0.717) is 6.61 Å². The van der Waals surface area contributed by atoms with Crippen molar-refractivity contribution in [2.24, 2.45) is 0 Å². The lowest BCUT2D eigenvalue weighted by atomic mass is 10.2. The van der Waals surface area contributed by atoms with Crippen LogP contribution >= 0.6 is 47.8 Å². The molecule has 0 radical (unpaired) electrons. The molecule has 88 valence electrons.